The number of ether oxygens (including phenoxy) is 1. The van der Waals surface area contributed by atoms with Gasteiger partial charge in [-0.15, -0.1) is 11.3 Å². The SMILES string of the molecule is COC(=O)c1c(C)[nH]c(C(=O)CN[C@H](c2ccc(C)cc2)c2cccs2)c1C. The molecule has 2 N–H and O–H groups in total. The molecule has 0 saturated heterocycles. The fourth-order valence-electron chi connectivity index (χ4n) is 3.32. The zero-order valence-corrected chi connectivity index (χ0v) is 17.3. The Morgan fingerprint density at radius 1 is 1.14 bits per heavy atom. The molecule has 2 aromatic heterocycles. The van der Waals surface area contributed by atoms with E-state index in [1.54, 1.807) is 25.2 Å². The van der Waals surface area contributed by atoms with E-state index in [9.17, 15) is 9.59 Å². The number of benzene rings is 1. The van der Waals surface area contributed by atoms with E-state index in [4.69, 9.17) is 4.74 Å². The third-order valence-corrected chi connectivity index (χ3v) is 5.75. The summed E-state index contributed by atoms with van der Waals surface area (Å²) < 4.78 is 4.82. The second kappa shape index (κ2) is 8.54. The summed E-state index contributed by atoms with van der Waals surface area (Å²) in [5, 5.41) is 5.41. The lowest BCUT2D eigenvalue weighted by atomic mass is 10.0. The average molecular weight is 397 g/mol. The fourth-order valence-corrected chi connectivity index (χ4v) is 4.14. The largest absolute Gasteiger partial charge is 0.465 e. The van der Waals surface area contributed by atoms with Crippen LogP contribution in [0, 0.1) is 20.8 Å². The van der Waals surface area contributed by atoms with E-state index < -0.39 is 5.97 Å². The molecular weight excluding hydrogens is 372 g/mol. The smallest absolute Gasteiger partial charge is 0.339 e. The Morgan fingerprint density at radius 2 is 1.86 bits per heavy atom. The molecule has 0 fully saturated rings. The maximum Gasteiger partial charge on any atom is 0.339 e. The molecule has 5 nitrogen and oxygen atoms in total. The molecule has 0 aliphatic rings. The van der Waals surface area contributed by atoms with Crippen LogP contribution in [0.1, 0.15) is 54.1 Å². The molecule has 6 heteroatoms. The first-order valence-corrected chi connectivity index (χ1v) is 9.94. The minimum Gasteiger partial charge on any atom is -0.465 e. The van der Waals surface area contributed by atoms with Gasteiger partial charge >= 0.3 is 5.97 Å². The first-order chi connectivity index (χ1) is 13.4. The quantitative estimate of drug-likeness (QED) is 0.460. The molecule has 3 aromatic rings. The van der Waals surface area contributed by atoms with Crippen molar-refractivity contribution in [3.05, 3.63) is 80.3 Å². The Kier molecular flexibility index (Phi) is 6.11. The number of nitrogens with one attached hydrogen (secondary N) is 2. The molecule has 0 unspecified atom stereocenters. The maximum atomic E-state index is 12.9. The average Bonchev–Trinajstić information content (AvgIpc) is 3.31. The van der Waals surface area contributed by atoms with Gasteiger partial charge in [0.2, 0.25) is 0 Å². The monoisotopic (exact) mass is 396 g/mol. The molecule has 2 heterocycles. The number of aryl methyl sites for hydroxylation is 2. The van der Waals surface area contributed by atoms with Gasteiger partial charge in [0.1, 0.15) is 0 Å². The van der Waals surface area contributed by atoms with E-state index in [0.717, 1.165) is 10.4 Å². The third-order valence-electron chi connectivity index (χ3n) is 4.81. The molecule has 146 valence electrons. The first-order valence-electron chi connectivity index (χ1n) is 9.06. The minimum atomic E-state index is -0.436. The molecular formula is C22H24N2O3S. The molecule has 0 aliphatic carbocycles. The van der Waals surface area contributed by atoms with Crippen LogP contribution in [0.2, 0.25) is 0 Å². The summed E-state index contributed by atoms with van der Waals surface area (Å²) in [4.78, 5) is 29.0. The van der Waals surface area contributed by atoms with Gasteiger partial charge in [0.15, 0.2) is 5.78 Å². The second-order valence-electron chi connectivity index (χ2n) is 6.78. The summed E-state index contributed by atoms with van der Waals surface area (Å²) in [6.45, 7) is 5.73. The van der Waals surface area contributed by atoms with Gasteiger partial charge in [-0.3, -0.25) is 10.1 Å². The van der Waals surface area contributed by atoms with Crippen molar-refractivity contribution in [1.82, 2.24) is 10.3 Å². The van der Waals surface area contributed by atoms with Crippen molar-refractivity contribution in [3.8, 4) is 0 Å². The number of ketones is 1. The maximum absolute atomic E-state index is 12.9. The molecule has 0 bridgehead atoms. The van der Waals surface area contributed by atoms with E-state index in [-0.39, 0.29) is 18.4 Å². The van der Waals surface area contributed by atoms with Crippen molar-refractivity contribution in [2.45, 2.75) is 26.8 Å². The Morgan fingerprint density at radius 3 is 2.46 bits per heavy atom. The zero-order chi connectivity index (χ0) is 20.3. The van der Waals surface area contributed by atoms with E-state index in [2.05, 4.69) is 47.6 Å². The summed E-state index contributed by atoms with van der Waals surface area (Å²) in [5.41, 5.74) is 4.44. The zero-order valence-electron chi connectivity index (χ0n) is 16.5. The van der Waals surface area contributed by atoms with Crippen LogP contribution in [-0.4, -0.2) is 30.4 Å². The molecule has 0 spiro atoms. The highest BCUT2D eigenvalue weighted by Crippen LogP contribution is 2.26. The predicted molar refractivity (Wildman–Crippen MR) is 111 cm³/mol. The standard InChI is InChI=1S/C22H24N2O3S/c1-13-7-9-16(10-8-13)21(18-6-5-11-28-18)23-12-17(25)20-14(2)19(15(3)24-20)22(26)27-4/h5-11,21,23-24H,12H2,1-4H3/t21-/m1/s1. The predicted octanol–water partition coefficient (Wildman–Crippen LogP) is 4.35. The summed E-state index contributed by atoms with van der Waals surface area (Å²) in [6, 6.07) is 12.3. The number of Topliss-reactive ketones (excluding diaryl/α,β-unsaturated/α-hetero) is 1. The minimum absolute atomic E-state index is 0.0685. The van der Waals surface area contributed by atoms with Crippen molar-refractivity contribution in [3.63, 3.8) is 0 Å². The van der Waals surface area contributed by atoms with Crippen molar-refractivity contribution in [1.29, 1.82) is 0 Å². The van der Waals surface area contributed by atoms with Gasteiger partial charge in [-0.05, 0) is 43.3 Å². The molecule has 3 rings (SSSR count). The highest BCUT2D eigenvalue weighted by Gasteiger charge is 2.23. The number of aromatic nitrogens is 1. The summed E-state index contributed by atoms with van der Waals surface area (Å²) in [5.74, 6) is -0.529. The number of rotatable bonds is 7. The van der Waals surface area contributed by atoms with Crippen molar-refractivity contribution in [2.24, 2.45) is 0 Å². The molecule has 0 saturated carbocycles. The van der Waals surface area contributed by atoms with Crippen LogP contribution in [0.15, 0.2) is 41.8 Å². The molecule has 0 aliphatic heterocycles. The van der Waals surface area contributed by atoms with Gasteiger partial charge in [0.25, 0.3) is 0 Å². The molecule has 0 amide bonds. The summed E-state index contributed by atoms with van der Waals surface area (Å²) in [6.07, 6.45) is 0. The van der Waals surface area contributed by atoms with E-state index in [1.165, 1.54) is 12.7 Å². The highest BCUT2D eigenvalue weighted by atomic mass is 32.1. The van der Waals surface area contributed by atoms with E-state index in [0.29, 0.717) is 22.5 Å². The van der Waals surface area contributed by atoms with Crippen molar-refractivity contribution in [2.75, 3.05) is 13.7 Å². The lowest BCUT2D eigenvalue weighted by Crippen LogP contribution is -2.28. The number of thiophene rings is 1. The van der Waals surface area contributed by atoms with Gasteiger partial charge in [-0.25, -0.2) is 4.79 Å². The topological polar surface area (TPSA) is 71.2 Å². The number of H-pyrrole nitrogens is 1. The number of carbonyl (C=O) groups is 2. The molecule has 0 radical (unpaired) electrons. The lowest BCUT2D eigenvalue weighted by molar-refractivity contribution is 0.0599. The van der Waals surface area contributed by atoms with E-state index in [1.807, 2.05) is 11.4 Å². The van der Waals surface area contributed by atoms with Gasteiger partial charge in [0, 0.05) is 10.6 Å². The Hall–Kier alpha value is -2.70. The van der Waals surface area contributed by atoms with Crippen LogP contribution in [0.4, 0.5) is 0 Å². The van der Waals surface area contributed by atoms with Crippen LogP contribution < -0.4 is 5.32 Å². The highest BCUT2D eigenvalue weighted by molar-refractivity contribution is 7.10. The second-order valence-corrected chi connectivity index (χ2v) is 7.76. The normalized spacial score (nSPS) is 12.0. The molecule has 28 heavy (non-hydrogen) atoms. The Balaban J connectivity index is 1.81. The molecule has 1 atom stereocenters. The van der Waals surface area contributed by atoms with Crippen LogP contribution in [0.25, 0.3) is 0 Å². The fraction of sp³-hybridized carbons (Fsp3) is 0.273. The Labute approximate surface area is 168 Å². The molecule has 1 aromatic carbocycles. The van der Waals surface area contributed by atoms with Crippen LogP contribution in [0.3, 0.4) is 0 Å². The number of hydrogen-bond donors (Lipinski definition) is 2. The van der Waals surface area contributed by atoms with Crippen molar-refractivity contribution >= 4 is 23.1 Å². The van der Waals surface area contributed by atoms with Gasteiger partial charge in [-0.1, -0.05) is 35.9 Å². The van der Waals surface area contributed by atoms with Gasteiger partial charge < -0.3 is 9.72 Å². The number of esters is 1. The van der Waals surface area contributed by atoms with Gasteiger partial charge in [-0.2, -0.15) is 0 Å². The lowest BCUT2D eigenvalue weighted by Gasteiger charge is -2.18. The van der Waals surface area contributed by atoms with Crippen molar-refractivity contribution < 1.29 is 14.3 Å². The number of aromatic amines is 1. The third kappa shape index (κ3) is 4.08. The van der Waals surface area contributed by atoms with E-state index >= 15 is 0 Å². The number of hydrogen-bond acceptors (Lipinski definition) is 5. The summed E-state index contributed by atoms with van der Waals surface area (Å²) in [7, 11) is 1.34. The number of methoxy groups -OCH3 is 1. The van der Waals surface area contributed by atoms with Gasteiger partial charge in [0.05, 0.1) is 31.0 Å². The summed E-state index contributed by atoms with van der Waals surface area (Å²) >= 11 is 1.65. The number of carbonyl (C=O) groups excluding carboxylic acids is 2. The van der Waals surface area contributed by atoms with Crippen LogP contribution in [0.5, 0.6) is 0 Å². The van der Waals surface area contributed by atoms with Crippen LogP contribution in [-0.2, 0) is 4.74 Å². The first kappa shape index (κ1) is 20.0. The van der Waals surface area contributed by atoms with Crippen LogP contribution >= 0.6 is 11.3 Å². The Bertz CT molecular complexity index is 972.